The highest BCUT2D eigenvalue weighted by Gasteiger charge is 2.37. The van der Waals surface area contributed by atoms with Crippen molar-refractivity contribution in [1.29, 1.82) is 0 Å². The molecule has 3 rings (SSSR count). The molecule has 0 atom stereocenters. The molecule has 1 saturated heterocycles. The van der Waals surface area contributed by atoms with Gasteiger partial charge in [-0.25, -0.2) is 4.79 Å². The minimum Gasteiger partial charge on any atom is -0.384 e. The predicted octanol–water partition coefficient (Wildman–Crippen LogP) is 2.43. The number of carbonyl (C=O) groups is 1. The number of amides is 2. The number of nitrogens with zero attached hydrogens (tertiary/aromatic N) is 3. The van der Waals surface area contributed by atoms with Crippen LogP contribution in [0.5, 0.6) is 0 Å². The molecule has 1 N–H and O–H groups in total. The van der Waals surface area contributed by atoms with Crippen molar-refractivity contribution in [3.63, 3.8) is 0 Å². The molecular weight excluding hydrogens is 316 g/mol. The molecule has 0 radical (unpaired) electrons. The Morgan fingerprint density at radius 2 is 2.12 bits per heavy atom. The number of pyridine rings is 1. The zero-order valence-corrected chi connectivity index (χ0v) is 15.5. The number of carbonyl (C=O) groups excluding carboxylic acids is 1. The highest BCUT2D eigenvalue weighted by Crippen LogP contribution is 2.40. The van der Waals surface area contributed by atoms with Gasteiger partial charge in [0, 0.05) is 62.8 Å². The third-order valence-corrected chi connectivity index (χ3v) is 5.51. The lowest BCUT2D eigenvalue weighted by atomic mass is 9.69. The van der Waals surface area contributed by atoms with E-state index in [0.717, 1.165) is 64.3 Å². The number of urea groups is 1. The Hall–Kier alpha value is -1.82. The van der Waals surface area contributed by atoms with E-state index >= 15 is 0 Å². The van der Waals surface area contributed by atoms with E-state index in [2.05, 4.69) is 21.3 Å². The first-order valence-electron chi connectivity index (χ1n) is 9.31. The average molecular weight is 346 g/mol. The van der Waals surface area contributed by atoms with Crippen molar-refractivity contribution in [2.45, 2.75) is 32.6 Å². The molecule has 138 valence electrons. The van der Waals surface area contributed by atoms with E-state index in [1.165, 1.54) is 12.1 Å². The Morgan fingerprint density at radius 1 is 1.28 bits per heavy atom. The van der Waals surface area contributed by atoms with Crippen LogP contribution in [0, 0.1) is 12.3 Å². The lowest BCUT2D eigenvalue weighted by Gasteiger charge is -2.41. The van der Waals surface area contributed by atoms with Crippen LogP contribution in [0.1, 0.15) is 31.4 Å². The van der Waals surface area contributed by atoms with E-state index in [4.69, 9.17) is 4.74 Å². The van der Waals surface area contributed by atoms with Crippen molar-refractivity contribution in [2.75, 3.05) is 51.3 Å². The lowest BCUT2D eigenvalue weighted by molar-refractivity contribution is 0.0191. The molecule has 1 aliphatic heterocycles. The summed E-state index contributed by atoms with van der Waals surface area (Å²) in [6, 6.07) is 4.23. The van der Waals surface area contributed by atoms with Crippen LogP contribution in [0.25, 0.3) is 0 Å². The quantitative estimate of drug-likeness (QED) is 0.890. The smallest absolute Gasteiger partial charge is 0.317 e. The Kier molecular flexibility index (Phi) is 5.78. The zero-order valence-electron chi connectivity index (χ0n) is 15.5. The fourth-order valence-corrected chi connectivity index (χ4v) is 3.84. The van der Waals surface area contributed by atoms with Crippen LogP contribution in [-0.4, -0.2) is 62.4 Å². The molecule has 1 aromatic rings. The van der Waals surface area contributed by atoms with Crippen molar-refractivity contribution in [2.24, 2.45) is 5.41 Å². The number of methoxy groups -OCH3 is 1. The minimum absolute atomic E-state index is 0.0649. The third kappa shape index (κ3) is 4.42. The lowest BCUT2D eigenvalue weighted by Crippen LogP contribution is -2.49. The first-order valence-corrected chi connectivity index (χ1v) is 9.31. The van der Waals surface area contributed by atoms with Gasteiger partial charge >= 0.3 is 6.03 Å². The fraction of sp³-hybridized carbons (Fsp3) is 0.684. The van der Waals surface area contributed by atoms with Gasteiger partial charge in [0.2, 0.25) is 0 Å². The molecule has 0 bridgehead atoms. The fourth-order valence-electron chi connectivity index (χ4n) is 3.84. The SMILES string of the molecule is COCC1(CNC(=O)N2CCCN(c3ccnc(C)c3)CC2)CCC1. The second-order valence-corrected chi connectivity index (χ2v) is 7.43. The Bertz CT molecular complexity index is 589. The van der Waals surface area contributed by atoms with Gasteiger partial charge in [0.25, 0.3) is 0 Å². The summed E-state index contributed by atoms with van der Waals surface area (Å²) in [5, 5.41) is 3.15. The van der Waals surface area contributed by atoms with Gasteiger partial charge in [0.15, 0.2) is 0 Å². The summed E-state index contributed by atoms with van der Waals surface area (Å²) in [7, 11) is 1.74. The van der Waals surface area contributed by atoms with E-state index in [-0.39, 0.29) is 11.4 Å². The molecule has 6 nitrogen and oxygen atoms in total. The van der Waals surface area contributed by atoms with Gasteiger partial charge in [-0.2, -0.15) is 0 Å². The molecular formula is C19H30N4O2. The van der Waals surface area contributed by atoms with Gasteiger partial charge in [0.05, 0.1) is 6.61 Å². The summed E-state index contributed by atoms with van der Waals surface area (Å²) >= 11 is 0. The maximum atomic E-state index is 12.6. The number of anilines is 1. The van der Waals surface area contributed by atoms with Crippen molar-refractivity contribution in [3.8, 4) is 0 Å². The molecule has 2 aliphatic rings. The summed E-state index contributed by atoms with van der Waals surface area (Å²) in [6.45, 7) is 6.87. The normalized spacial score (nSPS) is 19.9. The summed E-state index contributed by atoms with van der Waals surface area (Å²) < 4.78 is 5.34. The molecule has 2 fully saturated rings. The number of nitrogens with one attached hydrogen (secondary N) is 1. The number of aromatic nitrogens is 1. The molecule has 0 spiro atoms. The van der Waals surface area contributed by atoms with Gasteiger partial charge in [0.1, 0.15) is 0 Å². The van der Waals surface area contributed by atoms with Crippen LogP contribution >= 0.6 is 0 Å². The van der Waals surface area contributed by atoms with Crippen LogP contribution in [0.15, 0.2) is 18.3 Å². The van der Waals surface area contributed by atoms with Gasteiger partial charge in [-0.3, -0.25) is 4.98 Å². The summed E-state index contributed by atoms with van der Waals surface area (Å²) in [5.74, 6) is 0. The second kappa shape index (κ2) is 8.04. The van der Waals surface area contributed by atoms with Gasteiger partial charge in [-0.15, -0.1) is 0 Å². The monoisotopic (exact) mass is 346 g/mol. The first-order chi connectivity index (χ1) is 12.1. The standard InChI is InChI=1S/C19H30N4O2/c1-16-13-17(5-8-20-16)22-9-4-10-23(12-11-22)18(24)21-14-19(15-25-2)6-3-7-19/h5,8,13H,3-4,6-7,9-12,14-15H2,1-2H3,(H,21,24). The number of hydrogen-bond acceptors (Lipinski definition) is 4. The highest BCUT2D eigenvalue weighted by molar-refractivity contribution is 5.74. The van der Waals surface area contributed by atoms with Crippen molar-refractivity contribution >= 4 is 11.7 Å². The second-order valence-electron chi connectivity index (χ2n) is 7.43. The Morgan fingerprint density at radius 3 is 2.80 bits per heavy atom. The topological polar surface area (TPSA) is 57.7 Å². The molecule has 6 heteroatoms. The summed E-state index contributed by atoms with van der Waals surface area (Å²) in [6.07, 6.45) is 6.38. The zero-order chi connectivity index (χ0) is 17.7. The summed E-state index contributed by atoms with van der Waals surface area (Å²) in [4.78, 5) is 21.1. The Labute approximate surface area is 150 Å². The number of hydrogen-bond donors (Lipinski definition) is 1. The molecule has 0 aromatic carbocycles. The van der Waals surface area contributed by atoms with E-state index < -0.39 is 0 Å². The third-order valence-electron chi connectivity index (χ3n) is 5.51. The first kappa shape index (κ1) is 18.0. The number of aryl methyl sites for hydroxylation is 1. The molecule has 1 saturated carbocycles. The maximum Gasteiger partial charge on any atom is 0.317 e. The average Bonchev–Trinajstić information content (AvgIpc) is 2.83. The van der Waals surface area contributed by atoms with Crippen LogP contribution < -0.4 is 10.2 Å². The van der Waals surface area contributed by atoms with E-state index in [0.29, 0.717) is 0 Å². The molecule has 1 aromatic heterocycles. The molecule has 25 heavy (non-hydrogen) atoms. The van der Waals surface area contributed by atoms with Crippen LogP contribution in [0.2, 0.25) is 0 Å². The van der Waals surface area contributed by atoms with Crippen molar-refractivity contribution < 1.29 is 9.53 Å². The van der Waals surface area contributed by atoms with Crippen molar-refractivity contribution in [3.05, 3.63) is 24.0 Å². The maximum absolute atomic E-state index is 12.6. The largest absolute Gasteiger partial charge is 0.384 e. The van der Waals surface area contributed by atoms with Gasteiger partial charge < -0.3 is 19.9 Å². The van der Waals surface area contributed by atoms with Crippen LogP contribution in [0.3, 0.4) is 0 Å². The van der Waals surface area contributed by atoms with Gasteiger partial charge in [-0.1, -0.05) is 6.42 Å². The molecule has 1 aliphatic carbocycles. The molecule has 0 unspecified atom stereocenters. The van der Waals surface area contributed by atoms with Crippen LogP contribution in [0.4, 0.5) is 10.5 Å². The van der Waals surface area contributed by atoms with E-state index in [1.54, 1.807) is 7.11 Å². The minimum atomic E-state index is 0.0649. The van der Waals surface area contributed by atoms with Crippen molar-refractivity contribution in [1.82, 2.24) is 15.2 Å². The highest BCUT2D eigenvalue weighted by atomic mass is 16.5. The number of rotatable bonds is 5. The van der Waals surface area contributed by atoms with E-state index in [1.807, 2.05) is 24.1 Å². The Balaban J connectivity index is 1.51. The van der Waals surface area contributed by atoms with E-state index in [9.17, 15) is 4.79 Å². The summed E-state index contributed by atoms with van der Waals surface area (Å²) in [5.41, 5.74) is 2.39. The number of ether oxygens (including phenoxy) is 1. The predicted molar refractivity (Wildman–Crippen MR) is 98.9 cm³/mol. The molecule has 2 amide bonds. The molecule has 2 heterocycles. The van der Waals surface area contributed by atoms with Gasteiger partial charge in [-0.05, 0) is 38.3 Å². The van der Waals surface area contributed by atoms with Crippen LogP contribution in [-0.2, 0) is 4.74 Å².